The molecule has 2 aromatic carbocycles. The molecule has 4 N–H and O–H groups in total. The Bertz CT molecular complexity index is 928. The lowest BCUT2D eigenvalue weighted by molar-refractivity contribution is 0.482. The maximum Gasteiger partial charge on any atom is 0.294 e. The summed E-state index contributed by atoms with van der Waals surface area (Å²) in [6.07, 6.45) is 0. The molecule has 3 aromatic rings. The number of hydrogen-bond acceptors (Lipinski definition) is 4. The van der Waals surface area contributed by atoms with E-state index in [9.17, 15) is 13.0 Å². The maximum atomic E-state index is 11.3. The summed E-state index contributed by atoms with van der Waals surface area (Å²) in [7, 11) is -4.26. The van der Waals surface area contributed by atoms with Gasteiger partial charge < -0.3 is 10.7 Å². The van der Waals surface area contributed by atoms with E-state index < -0.39 is 10.1 Å². The molecule has 1 heterocycles. The van der Waals surface area contributed by atoms with Crippen LogP contribution in [0, 0.1) is 6.92 Å². The number of hydrogen-bond donors (Lipinski definition) is 3. The van der Waals surface area contributed by atoms with Crippen LogP contribution >= 0.6 is 0 Å². The van der Waals surface area contributed by atoms with Gasteiger partial charge in [0.2, 0.25) is 0 Å². The molecule has 0 aliphatic rings. The molecule has 7 heteroatoms. The molecule has 0 saturated carbocycles. The highest BCUT2D eigenvalue weighted by atomic mass is 32.2. The van der Waals surface area contributed by atoms with Crippen molar-refractivity contribution in [2.24, 2.45) is 0 Å². The van der Waals surface area contributed by atoms with E-state index >= 15 is 0 Å². The van der Waals surface area contributed by atoms with Gasteiger partial charge in [-0.1, -0.05) is 0 Å². The highest BCUT2D eigenvalue weighted by Crippen LogP contribution is 2.25. The Morgan fingerprint density at radius 3 is 2.48 bits per heavy atom. The van der Waals surface area contributed by atoms with Crippen LogP contribution in [-0.4, -0.2) is 22.9 Å². The predicted molar refractivity (Wildman–Crippen MR) is 80.5 cm³/mol. The number of imidazole rings is 1. The van der Waals surface area contributed by atoms with E-state index in [1.807, 2.05) is 12.1 Å². The van der Waals surface area contributed by atoms with Gasteiger partial charge in [-0.2, -0.15) is 8.42 Å². The zero-order valence-corrected chi connectivity index (χ0v) is 12.0. The Kier molecular flexibility index (Phi) is 2.96. The van der Waals surface area contributed by atoms with Crippen LogP contribution in [0.15, 0.2) is 41.3 Å². The Balaban J connectivity index is 2.19. The average Bonchev–Trinajstić information content (AvgIpc) is 2.80. The van der Waals surface area contributed by atoms with Crippen LogP contribution in [0.3, 0.4) is 0 Å². The molecule has 0 fully saturated rings. The van der Waals surface area contributed by atoms with Crippen LogP contribution in [-0.2, 0) is 10.1 Å². The van der Waals surface area contributed by atoms with Crippen LogP contribution in [0.5, 0.6) is 0 Å². The standard InChI is InChI=1S/C14H13N3O3S/c1-8-6-11-12(7-13(8)21(18,19)20)17-14(16-11)9-2-4-10(15)5-3-9/h2-7H,15H2,1H3,(H,16,17)(H,18,19,20). The van der Waals surface area contributed by atoms with Gasteiger partial charge >= 0.3 is 0 Å². The molecule has 0 unspecified atom stereocenters. The van der Waals surface area contributed by atoms with Gasteiger partial charge in [0.25, 0.3) is 10.1 Å². The zero-order valence-electron chi connectivity index (χ0n) is 11.2. The maximum absolute atomic E-state index is 11.3. The highest BCUT2D eigenvalue weighted by molar-refractivity contribution is 7.85. The number of fused-ring (bicyclic) bond motifs is 1. The number of nitrogen functional groups attached to an aromatic ring is 1. The van der Waals surface area contributed by atoms with Crippen LogP contribution < -0.4 is 5.73 Å². The van der Waals surface area contributed by atoms with E-state index in [0.29, 0.717) is 28.1 Å². The number of benzene rings is 2. The lowest BCUT2D eigenvalue weighted by Gasteiger charge is -2.01. The van der Waals surface area contributed by atoms with E-state index in [2.05, 4.69) is 9.97 Å². The topological polar surface area (TPSA) is 109 Å². The van der Waals surface area contributed by atoms with Gasteiger partial charge in [-0.15, -0.1) is 0 Å². The van der Waals surface area contributed by atoms with E-state index in [1.54, 1.807) is 25.1 Å². The number of aromatic amines is 1. The summed E-state index contributed by atoms with van der Waals surface area (Å²) >= 11 is 0. The number of H-pyrrole nitrogens is 1. The van der Waals surface area contributed by atoms with Gasteiger partial charge in [0.15, 0.2) is 0 Å². The first-order valence-corrected chi connectivity index (χ1v) is 7.62. The normalized spacial score (nSPS) is 11.9. The third-order valence-electron chi connectivity index (χ3n) is 3.24. The smallest absolute Gasteiger partial charge is 0.294 e. The van der Waals surface area contributed by atoms with Crippen molar-refractivity contribution in [1.82, 2.24) is 9.97 Å². The van der Waals surface area contributed by atoms with Gasteiger partial charge in [-0.3, -0.25) is 4.55 Å². The molecule has 0 aliphatic carbocycles. The van der Waals surface area contributed by atoms with E-state index in [4.69, 9.17) is 5.73 Å². The second-order valence-electron chi connectivity index (χ2n) is 4.82. The molecule has 0 bridgehead atoms. The monoisotopic (exact) mass is 303 g/mol. The van der Waals surface area contributed by atoms with Gasteiger partial charge in [-0.25, -0.2) is 4.98 Å². The number of nitrogens with one attached hydrogen (secondary N) is 1. The number of nitrogens with two attached hydrogens (primary N) is 1. The lowest BCUT2D eigenvalue weighted by Crippen LogP contribution is -2.00. The first kappa shape index (κ1) is 13.6. The molecule has 0 atom stereocenters. The zero-order chi connectivity index (χ0) is 15.2. The Morgan fingerprint density at radius 2 is 1.86 bits per heavy atom. The fraction of sp³-hybridized carbons (Fsp3) is 0.0714. The third kappa shape index (κ3) is 2.48. The number of anilines is 1. The minimum Gasteiger partial charge on any atom is -0.399 e. The fourth-order valence-corrected chi connectivity index (χ4v) is 2.93. The van der Waals surface area contributed by atoms with Gasteiger partial charge in [0, 0.05) is 11.3 Å². The summed E-state index contributed by atoms with van der Waals surface area (Å²) in [5, 5.41) is 0. The number of aromatic nitrogens is 2. The molecule has 0 radical (unpaired) electrons. The number of nitrogens with zero attached hydrogens (tertiary/aromatic N) is 1. The third-order valence-corrected chi connectivity index (χ3v) is 4.24. The molecule has 0 saturated heterocycles. The molecule has 1 aromatic heterocycles. The molecular formula is C14H13N3O3S. The van der Waals surface area contributed by atoms with Gasteiger partial charge in [0.05, 0.1) is 15.9 Å². The van der Waals surface area contributed by atoms with Crippen LogP contribution in [0.2, 0.25) is 0 Å². The molecule has 0 spiro atoms. The summed E-state index contributed by atoms with van der Waals surface area (Å²) in [5.41, 5.74) is 8.76. The molecule has 21 heavy (non-hydrogen) atoms. The first-order chi connectivity index (χ1) is 9.84. The summed E-state index contributed by atoms with van der Waals surface area (Å²) < 4.78 is 31.8. The van der Waals surface area contributed by atoms with Crippen LogP contribution in [0.4, 0.5) is 5.69 Å². The van der Waals surface area contributed by atoms with Crippen LogP contribution in [0.1, 0.15) is 5.56 Å². The summed E-state index contributed by atoms with van der Waals surface area (Å²) in [6, 6.07) is 10.2. The Hall–Kier alpha value is -2.38. The molecule has 0 aliphatic heterocycles. The first-order valence-electron chi connectivity index (χ1n) is 6.18. The summed E-state index contributed by atoms with van der Waals surface area (Å²) in [6.45, 7) is 1.62. The van der Waals surface area contributed by atoms with E-state index in [-0.39, 0.29) is 4.90 Å². The minimum atomic E-state index is -4.26. The van der Waals surface area contributed by atoms with Crippen molar-refractivity contribution in [2.75, 3.05) is 5.73 Å². The van der Waals surface area contributed by atoms with E-state index in [1.165, 1.54) is 6.07 Å². The number of aryl methyl sites for hydroxylation is 1. The van der Waals surface area contributed by atoms with Crippen molar-refractivity contribution in [1.29, 1.82) is 0 Å². The molecular weight excluding hydrogens is 290 g/mol. The van der Waals surface area contributed by atoms with Crippen molar-refractivity contribution in [3.8, 4) is 11.4 Å². The quantitative estimate of drug-likeness (QED) is 0.497. The van der Waals surface area contributed by atoms with Crippen molar-refractivity contribution in [2.45, 2.75) is 11.8 Å². The second-order valence-corrected chi connectivity index (χ2v) is 6.21. The SMILES string of the molecule is Cc1cc2[nH]c(-c3ccc(N)cc3)nc2cc1S(=O)(=O)O. The lowest BCUT2D eigenvalue weighted by atomic mass is 10.2. The van der Waals surface area contributed by atoms with Crippen molar-refractivity contribution >= 4 is 26.8 Å². The Morgan fingerprint density at radius 1 is 1.19 bits per heavy atom. The van der Waals surface area contributed by atoms with Crippen molar-refractivity contribution in [3.05, 3.63) is 42.0 Å². The van der Waals surface area contributed by atoms with Gasteiger partial charge in [-0.05, 0) is 48.9 Å². The predicted octanol–water partition coefficient (Wildman–Crippen LogP) is 2.37. The second kappa shape index (κ2) is 4.57. The highest BCUT2D eigenvalue weighted by Gasteiger charge is 2.16. The average molecular weight is 303 g/mol. The van der Waals surface area contributed by atoms with Crippen molar-refractivity contribution in [3.63, 3.8) is 0 Å². The molecule has 108 valence electrons. The Labute approximate surface area is 121 Å². The van der Waals surface area contributed by atoms with Crippen molar-refractivity contribution < 1.29 is 13.0 Å². The van der Waals surface area contributed by atoms with Crippen LogP contribution in [0.25, 0.3) is 22.4 Å². The summed E-state index contributed by atoms with van der Waals surface area (Å²) in [5.74, 6) is 0.608. The fourth-order valence-electron chi connectivity index (χ4n) is 2.20. The number of rotatable bonds is 2. The summed E-state index contributed by atoms with van der Waals surface area (Å²) in [4.78, 5) is 7.34. The molecule has 0 amide bonds. The minimum absolute atomic E-state index is 0.134. The van der Waals surface area contributed by atoms with E-state index in [0.717, 1.165) is 5.56 Å². The molecule has 3 rings (SSSR count). The largest absolute Gasteiger partial charge is 0.399 e. The molecule has 6 nitrogen and oxygen atoms in total. The van der Waals surface area contributed by atoms with Gasteiger partial charge in [0.1, 0.15) is 5.82 Å².